The van der Waals surface area contributed by atoms with Gasteiger partial charge in [0.15, 0.2) is 0 Å². The third kappa shape index (κ3) is 4.70. The first kappa shape index (κ1) is 23.9. The number of nitrogens with two attached hydrogens (primary N) is 1. The lowest BCUT2D eigenvalue weighted by Crippen LogP contribution is -2.00. The topological polar surface area (TPSA) is 99.0 Å². The molecule has 0 bridgehead atoms. The van der Waals surface area contributed by atoms with Crippen LogP contribution in [0.5, 0.6) is 11.5 Å². The number of pyridine rings is 1. The molecular weight excluding hydrogens is 486 g/mol. The minimum Gasteiger partial charge on any atom is -0.497 e. The Hall–Kier alpha value is -4.80. The van der Waals surface area contributed by atoms with Crippen LogP contribution in [-0.2, 0) is 0 Å². The van der Waals surface area contributed by atoms with Crippen molar-refractivity contribution in [3.63, 3.8) is 0 Å². The Bertz CT molecular complexity index is 1620. The molecule has 0 atom stereocenters. The number of nitriles is 1. The predicted molar refractivity (Wildman–Crippen MR) is 145 cm³/mol. The van der Waals surface area contributed by atoms with Crippen molar-refractivity contribution in [1.82, 2.24) is 14.8 Å². The Morgan fingerprint density at radius 3 is 2.11 bits per heavy atom. The van der Waals surface area contributed by atoms with E-state index in [-0.39, 0.29) is 11.4 Å². The van der Waals surface area contributed by atoms with E-state index in [1.54, 1.807) is 25.0 Å². The molecular formula is C29H22ClN5O2. The number of aromatic nitrogens is 3. The van der Waals surface area contributed by atoms with Gasteiger partial charge in [-0.2, -0.15) is 10.4 Å². The number of hydrogen-bond donors (Lipinski definition) is 1. The molecule has 0 spiro atoms. The Morgan fingerprint density at radius 2 is 1.51 bits per heavy atom. The molecule has 2 aromatic heterocycles. The summed E-state index contributed by atoms with van der Waals surface area (Å²) in [6, 6.07) is 26.6. The molecule has 3 aromatic carbocycles. The van der Waals surface area contributed by atoms with Crippen LogP contribution in [0.4, 0.5) is 5.82 Å². The van der Waals surface area contributed by atoms with Crippen LogP contribution in [0.3, 0.4) is 0 Å². The van der Waals surface area contributed by atoms with E-state index in [2.05, 4.69) is 11.1 Å². The van der Waals surface area contributed by atoms with Crippen LogP contribution in [0.15, 0.2) is 85.1 Å². The lowest BCUT2D eigenvalue weighted by atomic mass is 9.96. The van der Waals surface area contributed by atoms with Crippen molar-refractivity contribution in [2.24, 2.45) is 0 Å². The minimum atomic E-state index is 0.141. The second-order valence-corrected chi connectivity index (χ2v) is 8.64. The molecule has 182 valence electrons. The molecule has 5 rings (SSSR count). The number of halogens is 1. The SMILES string of the molecule is COc1ccc(-c2cc(-c3cn(-c4cccc(Cl)c4)nc3-c3ccc(OC)cc3)c(C#N)c(N)n2)cc1. The molecule has 0 fully saturated rings. The normalized spacial score (nSPS) is 10.6. The van der Waals surface area contributed by atoms with Crippen molar-refractivity contribution in [1.29, 1.82) is 5.26 Å². The highest BCUT2D eigenvalue weighted by Crippen LogP contribution is 2.38. The van der Waals surface area contributed by atoms with Crippen LogP contribution < -0.4 is 15.2 Å². The number of anilines is 1. The summed E-state index contributed by atoms with van der Waals surface area (Å²) in [5.41, 5.74) is 11.7. The van der Waals surface area contributed by atoms with E-state index in [1.807, 2.05) is 79.0 Å². The standard InChI is InChI=1S/C29H22ClN5O2/c1-36-22-10-6-18(7-11-22)27-15-24(25(16-31)29(32)33-27)26-17-35(21-5-3-4-20(30)14-21)34-28(26)19-8-12-23(37-2)13-9-19/h3-15,17H,1-2H3,(H2,32,33). The fourth-order valence-corrected chi connectivity index (χ4v) is 4.27. The molecule has 5 aromatic rings. The van der Waals surface area contributed by atoms with Gasteiger partial charge in [-0.25, -0.2) is 9.67 Å². The molecule has 2 heterocycles. The number of methoxy groups -OCH3 is 2. The fraction of sp³-hybridized carbons (Fsp3) is 0.0690. The molecule has 0 radical (unpaired) electrons. The molecule has 0 aliphatic heterocycles. The molecule has 0 saturated heterocycles. The monoisotopic (exact) mass is 507 g/mol. The second-order valence-electron chi connectivity index (χ2n) is 8.20. The summed E-state index contributed by atoms with van der Waals surface area (Å²) in [5, 5.41) is 15.5. The lowest BCUT2D eigenvalue weighted by Gasteiger charge is -2.11. The fourth-order valence-electron chi connectivity index (χ4n) is 4.09. The van der Waals surface area contributed by atoms with E-state index >= 15 is 0 Å². The van der Waals surface area contributed by atoms with E-state index in [9.17, 15) is 5.26 Å². The summed E-state index contributed by atoms with van der Waals surface area (Å²) in [4.78, 5) is 4.51. The van der Waals surface area contributed by atoms with Crippen molar-refractivity contribution in [3.05, 3.63) is 95.6 Å². The molecule has 8 heteroatoms. The summed E-state index contributed by atoms with van der Waals surface area (Å²) < 4.78 is 12.3. The number of rotatable bonds is 6. The number of benzene rings is 3. The van der Waals surface area contributed by atoms with Crippen molar-refractivity contribution in [2.75, 3.05) is 20.0 Å². The second kappa shape index (κ2) is 10.1. The Morgan fingerprint density at radius 1 is 0.865 bits per heavy atom. The van der Waals surface area contributed by atoms with Crippen molar-refractivity contribution >= 4 is 17.4 Å². The smallest absolute Gasteiger partial charge is 0.142 e. The van der Waals surface area contributed by atoms with Crippen molar-refractivity contribution < 1.29 is 9.47 Å². The molecule has 0 amide bonds. The Balaban J connectivity index is 1.74. The minimum absolute atomic E-state index is 0.141. The first-order valence-electron chi connectivity index (χ1n) is 11.4. The number of nitrogens with zero attached hydrogens (tertiary/aromatic N) is 4. The molecule has 0 aliphatic rings. The number of nitrogen functional groups attached to an aromatic ring is 1. The largest absolute Gasteiger partial charge is 0.497 e. The quantitative estimate of drug-likeness (QED) is 0.286. The molecule has 0 unspecified atom stereocenters. The third-order valence-electron chi connectivity index (χ3n) is 5.99. The maximum Gasteiger partial charge on any atom is 0.142 e. The van der Waals surface area contributed by atoms with Crippen LogP contribution in [0.1, 0.15) is 5.56 Å². The van der Waals surface area contributed by atoms with Gasteiger partial charge in [0.2, 0.25) is 0 Å². The van der Waals surface area contributed by atoms with Crippen LogP contribution in [-0.4, -0.2) is 29.0 Å². The zero-order valence-electron chi connectivity index (χ0n) is 20.1. The van der Waals surface area contributed by atoms with Gasteiger partial charge in [-0.05, 0) is 72.8 Å². The highest BCUT2D eigenvalue weighted by molar-refractivity contribution is 6.30. The lowest BCUT2D eigenvalue weighted by molar-refractivity contribution is 0.415. The predicted octanol–water partition coefficient (Wildman–Crippen LogP) is 6.39. The maximum atomic E-state index is 10.0. The summed E-state index contributed by atoms with van der Waals surface area (Å²) in [6.07, 6.45) is 1.87. The highest BCUT2D eigenvalue weighted by Gasteiger charge is 2.21. The first-order valence-corrected chi connectivity index (χ1v) is 11.7. The van der Waals surface area contributed by atoms with Crippen LogP contribution in [0, 0.1) is 11.3 Å². The van der Waals surface area contributed by atoms with Gasteiger partial charge >= 0.3 is 0 Å². The number of ether oxygens (including phenoxy) is 2. The van der Waals surface area contributed by atoms with Gasteiger partial charge in [-0.15, -0.1) is 0 Å². The third-order valence-corrected chi connectivity index (χ3v) is 6.22. The average Bonchev–Trinajstić information content (AvgIpc) is 3.38. The zero-order chi connectivity index (χ0) is 25.9. The highest BCUT2D eigenvalue weighted by atomic mass is 35.5. The molecule has 0 aliphatic carbocycles. The molecule has 0 saturated carbocycles. The molecule has 2 N–H and O–H groups in total. The average molecular weight is 508 g/mol. The molecule has 37 heavy (non-hydrogen) atoms. The zero-order valence-corrected chi connectivity index (χ0v) is 20.9. The van der Waals surface area contributed by atoms with E-state index in [0.29, 0.717) is 22.0 Å². The van der Waals surface area contributed by atoms with Crippen LogP contribution in [0.25, 0.3) is 39.3 Å². The van der Waals surface area contributed by atoms with Crippen molar-refractivity contribution in [3.8, 4) is 56.9 Å². The van der Waals surface area contributed by atoms with Gasteiger partial charge < -0.3 is 15.2 Å². The Kier molecular flexibility index (Phi) is 6.50. The van der Waals surface area contributed by atoms with Gasteiger partial charge in [0.05, 0.1) is 25.6 Å². The number of hydrogen-bond acceptors (Lipinski definition) is 6. The van der Waals surface area contributed by atoms with Crippen molar-refractivity contribution in [2.45, 2.75) is 0 Å². The van der Waals surface area contributed by atoms with Gasteiger partial charge in [0.25, 0.3) is 0 Å². The van der Waals surface area contributed by atoms with Gasteiger partial charge in [-0.3, -0.25) is 0 Å². The van der Waals surface area contributed by atoms with Gasteiger partial charge in [-0.1, -0.05) is 17.7 Å². The summed E-state index contributed by atoms with van der Waals surface area (Å²) in [7, 11) is 3.23. The molecule has 7 nitrogen and oxygen atoms in total. The van der Waals surface area contributed by atoms with E-state index < -0.39 is 0 Å². The summed E-state index contributed by atoms with van der Waals surface area (Å²) in [5.74, 6) is 1.60. The van der Waals surface area contributed by atoms with E-state index in [0.717, 1.165) is 33.9 Å². The van der Waals surface area contributed by atoms with E-state index in [1.165, 1.54) is 0 Å². The first-order chi connectivity index (χ1) is 18.0. The van der Waals surface area contributed by atoms with Crippen LogP contribution in [0.2, 0.25) is 5.02 Å². The summed E-state index contributed by atoms with van der Waals surface area (Å²) in [6.45, 7) is 0. The maximum absolute atomic E-state index is 10.0. The Labute approximate surface area is 219 Å². The van der Waals surface area contributed by atoms with Gasteiger partial charge in [0.1, 0.15) is 34.6 Å². The summed E-state index contributed by atoms with van der Waals surface area (Å²) >= 11 is 6.26. The van der Waals surface area contributed by atoms with E-state index in [4.69, 9.17) is 31.9 Å². The van der Waals surface area contributed by atoms with Gasteiger partial charge in [0, 0.05) is 33.5 Å². The van der Waals surface area contributed by atoms with Crippen LogP contribution >= 0.6 is 11.6 Å².